The summed E-state index contributed by atoms with van der Waals surface area (Å²) in [6, 6.07) is 17.0. The van der Waals surface area contributed by atoms with Crippen LogP contribution in [-0.4, -0.2) is 25.9 Å². The fraction of sp³-hybridized carbons (Fsp3) is 0.0500. The summed E-state index contributed by atoms with van der Waals surface area (Å²) in [5.74, 6) is -0.282. The molecule has 2 aromatic heterocycles. The first kappa shape index (κ1) is 18.5. The first-order valence-electron chi connectivity index (χ1n) is 8.46. The summed E-state index contributed by atoms with van der Waals surface area (Å²) in [7, 11) is 0. The highest BCUT2D eigenvalue weighted by Gasteiger charge is 2.12. The van der Waals surface area contributed by atoms with Crippen LogP contribution in [-0.2, 0) is 6.54 Å². The van der Waals surface area contributed by atoms with E-state index in [0.717, 1.165) is 15.6 Å². The molecule has 2 heterocycles. The maximum Gasteiger partial charge on any atom is 0.273 e. The zero-order valence-electron chi connectivity index (χ0n) is 14.6. The molecule has 4 rings (SSSR count). The van der Waals surface area contributed by atoms with Gasteiger partial charge in [-0.2, -0.15) is 10.2 Å². The van der Waals surface area contributed by atoms with E-state index in [9.17, 15) is 4.79 Å². The zero-order chi connectivity index (χ0) is 19.5. The monoisotopic (exact) mass is 455 g/mol. The fourth-order valence-electron chi connectivity index (χ4n) is 2.70. The summed E-state index contributed by atoms with van der Waals surface area (Å²) in [5.41, 5.74) is 3.65. The Balaban J connectivity index is 1.42. The number of anilines is 1. The van der Waals surface area contributed by atoms with Crippen molar-refractivity contribution in [3.8, 4) is 11.3 Å². The van der Waals surface area contributed by atoms with E-state index >= 15 is 0 Å². The van der Waals surface area contributed by atoms with Crippen molar-refractivity contribution in [1.82, 2.24) is 20.0 Å². The molecule has 0 atom stereocenters. The van der Waals surface area contributed by atoms with E-state index in [4.69, 9.17) is 11.6 Å². The average molecular weight is 457 g/mol. The highest BCUT2D eigenvalue weighted by Crippen LogP contribution is 2.20. The van der Waals surface area contributed by atoms with Gasteiger partial charge in [-0.3, -0.25) is 14.6 Å². The zero-order valence-corrected chi connectivity index (χ0v) is 16.9. The Kier molecular flexibility index (Phi) is 5.27. The molecule has 0 aliphatic heterocycles. The van der Waals surface area contributed by atoms with Crippen LogP contribution in [0.4, 0.5) is 5.69 Å². The van der Waals surface area contributed by atoms with E-state index in [1.807, 2.05) is 36.4 Å². The van der Waals surface area contributed by atoms with E-state index < -0.39 is 0 Å². The number of hydrogen-bond acceptors (Lipinski definition) is 3. The van der Waals surface area contributed by atoms with Crippen LogP contribution in [0.3, 0.4) is 0 Å². The maximum atomic E-state index is 12.5. The Morgan fingerprint density at radius 1 is 1.14 bits per heavy atom. The molecule has 140 valence electrons. The van der Waals surface area contributed by atoms with Gasteiger partial charge in [0.1, 0.15) is 5.69 Å². The fourth-order valence-corrected chi connectivity index (χ4v) is 3.09. The molecule has 2 aromatic carbocycles. The van der Waals surface area contributed by atoms with Crippen molar-refractivity contribution in [1.29, 1.82) is 0 Å². The van der Waals surface area contributed by atoms with Crippen LogP contribution in [0.2, 0.25) is 5.02 Å². The highest BCUT2D eigenvalue weighted by molar-refractivity contribution is 9.10. The van der Waals surface area contributed by atoms with Gasteiger partial charge in [-0.15, -0.1) is 0 Å². The second kappa shape index (κ2) is 8.00. The number of carbonyl (C=O) groups is 1. The van der Waals surface area contributed by atoms with E-state index in [0.29, 0.717) is 28.6 Å². The van der Waals surface area contributed by atoms with Gasteiger partial charge in [0.25, 0.3) is 5.91 Å². The Labute approximate surface area is 174 Å². The molecular weight excluding hydrogens is 442 g/mol. The molecule has 0 aliphatic rings. The lowest BCUT2D eigenvalue weighted by Crippen LogP contribution is -2.11. The SMILES string of the molecule is O=C(Nc1cnn(Cc2ccc(Br)cc2)c1)c1cc(-c2ccc(Cl)cc2)n[nH]1. The number of amides is 1. The minimum Gasteiger partial charge on any atom is -0.318 e. The molecule has 0 fully saturated rings. The van der Waals surface area contributed by atoms with Crippen LogP contribution in [0.15, 0.2) is 71.5 Å². The second-order valence-electron chi connectivity index (χ2n) is 6.18. The van der Waals surface area contributed by atoms with Crippen molar-refractivity contribution in [3.63, 3.8) is 0 Å². The number of hydrogen-bond donors (Lipinski definition) is 2. The number of H-pyrrole nitrogens is 1. The molecule has 0 spiro atoms. The molecule has 0 bridgehead atoms. The lowest BCUT2D eigenvalue weighted by Gasteiger charge is -2.02. The Hall–Kier alpha value is -2.90. The number of halogens is 2. The Morgan fingerprint density at radius 3 is 2.64 bits per heavy atom. The van der Waals surface area contributed by atoms with E-state index in [1.54, 1.807) is 35.3 Å². The molecule has 8 heteroatoms. The molecule has 1 amide bonds. The van der Waals surface area contributed by atoms with Gasteiger partial charge in [0.2, 0.25) is 0 Å². The van der Waals surface area contributed by atoms with Crippen molar-refractivity contribution in [2.75, 3.05) is 5.32 Å². The summed E-state index contributed by atoms with van der Waals surface area (Å²) in [4.78, 5) is 12.5. The summed E-state index contributed by atoms with van der Waals surface area (Å²) in [5, 5.41) is 14.7. The van der Waals surface area contributed by atoms with Crippen LogP contribution < -0.4 is 5.32 Å². The van der Waals surface area contributed by atoms with E-state index in [1.165, 1.54) is 0 Å². The molecule has 4 aromatic rings. The number of aromatic amines is 1. The summed E-state index contributed by atoms with van der Waals surface area (Å²) in [6.07, 6.45) is 3.41. The molecule has 2 N–H and O–H groups in total. The lowest BCUT2D eigenvalue weighted by molar-refractivity contribution is 0.102. The van der Waals surface area contributed by atoms with E-state index in [2.05, 4.69) is 36.5 Å². The standard InChI is InChI=1S/C20H15BrClN5O/c21-15-5-1-13(2-6-15)11-27-12-17(10-23-27)24-20(28)19-9-18(25-26-19)14-3-7-16(22)8-4-14/h1-10,12H,11H2,(H,24,28)(H,25,26). The highest BCUT2D eigenvalue weighted by atomic mass is 79.9. The molecule has 0 saturated carbocycles. The third kappa shape index (κ3) is 4.32. The van der Waals surface area contributed by atoms with Crippen molar-refractivity contribution < 1.29 is 4.79 Å². The molecule has 0 saturated heterocycles. The Morgan fingerprint density at radius 2 is 1.89 bits per heavy atom. The summed E-state index contributed by atoms with van der Waals surface area (Å²) in [6.45, 7) is 0.619. The van der Waals surface area contributed by atoms with Gasteiger partial charge in [0, 0.05) is 21.3 Å². The number of nitrogens with zero attached hydrogens (tertiary/aromatic N) is 3. The molecule has 0 radical (unpaired) electrons. The van der Waals surface area contributed by atoms with Gasteiger partial charge in [-0.25, -0.2) is 0 Å². The van der Waals surface area contributed by atoms with Gasteiger partial charge < -0.3 is 5.32 Å². The molecular formula is C20H15BrClN5O. The molecule has 28 heavy (non-hydrogen) atoms. The van der Waals surface area contributed by atoms with Gasteiger partial charge in [-0.05, 0) is 35.9 Å². The minimum absolute atomic E-state index is 0.282. The van der Waals surface area contributed by atoms with Crippen molar-refractivity contribution in [2.24, 2.45) is 0 Å². The Bertz CT molecular complexity index is 1100. The van der Waals surface area contributed by atoms with Crippen LogP contribution >= 0.6 is 27.5 Å². The lowest BCUT2D eigenvalue weighted by atomic mass is 10.1. The van der Waals surface area contributed by atoms with Gasteiger partial charge in [-0.1, -0.05) is 51.8 Å². The van der Waals surface area contributed by atoms with E-state index in [-0.39, 0.29) is 5.91 Å². The van der Waals surface area contributed by atoms with Crippen LogP contribution in [0, 0.1) is 0 Å². The third-order valence-corrected chi connectivity index (χ3v) is 4.89. The number of nitrogens with one attached hydrogen (secondary N) is 2. The summed E-state index contributed by atoms with van der Waals surface area (Å²) >= 11 is 9.32. The first-order chi connectivity index (χ1) is 13.6. The predicted octanol–water partition coefficient (Wildman–Crippen LogP) is 4.99. The quantitative estimate of drug-likeness (QED) is 0.444. The summed E-state index contributed by atoms with van der Waals surface area (Å²) < 4.78 is 2.80. The maximum absolute atomic E-state index is 12.5. The third-order valence-electron chi connectivity index (χ3n) is 4.11. The first-order valence-corrected chi connectivity index (χ1v) is 9.63. The molecule has 0 aliphatic carbocycles. The minimum atomic E-state index is -0.282. The van der Waals surface area contributed by atoms with Crippen LogP contribution in [0.25, 0.3) is 11.3 Å². The molecule has 0 unspecified atom stereocenters. The van der Waals surface area contributed by atoms with Gasteiger partial charge in [0.15, 0.2) is 0 Å². The topological polar surface area (TPSA) is 75.6 Å². The van der Waals surface area contributed by atoms with Gasteiger partial charge in [0.05, 0.1) is 24.1 Å². The van der Waals surface area contributed by atoms with Crippen molar-refractivity contribution in [2.45, 2.75) is 6.54 Å². The average Bonchev–Trinajstić information content (AvgIpc) is 3.34. The van der Waals surface area contributed by atoms with Crippen molar-refractivity contribution >= 4 is 39.1 Å². The smallest absolute Gasteiger partial charge is 0.273 e. The van der Waals surface area contributed by atoms with Gasteiger partial charge >= 0.3 is 0 Å². The second-order valence-corrected chi connectivity index (χ2v) is 7.53. The van der Waals surface area contributed by atoms with Crippen LogP contribution in [0.1, 0.15) is 16.1 Å². The largest absolute Gasteiger partial charge is 0.318 e. The number of benzene rings is 2. The van der Waals surface area contributed by atoms with Crippen LogP contribution in [0.5, 0.6) is 0 Å². The number of rotatable bonds is 5. The number of aromatic nitrogens is 4. The predicted molar refractivity (Wildman–Crippen MR) is 112 cm³/mol. The normalized spacial score (nSPS) is 10.8. The van der Waals surface area contributed by atoms with Crippen molar-refractivity contribution in [3.05, 3.63) is 87.7 Å². The number of carbonyl (C=O) groups excluding carboxylic acids is 1. The molecule has 6 nitrogen and oxygen atoms in total.